The Hall–Kier alpha value is -4.54. The second kappa shape index (κ2) is 21.2. The second-order valence-corrected chi connectivity index (χ2v) is 22.7. The summed E-state index contributed by atoms with van der Waals surface area (Å²) in [6, 6.07) is 20.9. The van der Waals surface area contributed by atoms with Gasteiger partial charge in [0.2, 0.25) is 0 Å². The van der Waals surface area contributed by atoms with Crippen LogP contribution in [0.4, 0.5) is 0 Å². The molecule has 0 aromatic heterocycles. The molecule has 2 aromatic rings. The third kappa shape index (κ3) is 13.7. The minimum Gasteiger partial charge on any atom is -0.365 e. The summed E-state index contributed by atoms with van der Waals surface area (Å²) in [5, 5.41) is 0. The van der Waals surface area contributed by atoms with Gasteiger partial charge in [-0.3, -0.25) is 19.4 Å². The van der Waals surface area contributed by atoms with Gasteiger partial charge < -0.3 is 29.4 Å². The van der Waals surface area contributed by atoms with Gasteiger partial charge in [-0.15, -0.1) is 0 Å². The zero-order valence-corrected chi connectivity index (χ0v) is 44.4. The predicted molar refractivity (Wildman–Crippen MR) is 271 cm³/mol. The molecule has 0 unspecified atom stereocenters. The smallest absolute Gasteiger partial charge is 0.253 e. The zero-order valence-electron chi connectivity index (χ0n) is 44.4. The molecule has 0 fully saturated rings. The van der Waals surface area contributed by atoms with Gasteiger partial charge in [-0.25, -0.2) is 0 Å². The van der Waals surface area contributed by atoms with E-state index in [9.17, 15) is 9.59 Å². The van der Waals surface area contributed by atoms with Crippen LogP contribution in [0.5, 0.6) is 0 Å². The van der Waals surface area contributed by atoms with Crippen molar-refractivity contribution in [3.05, 3.63) is 105 Å². The van der Waals surface area contributed by atoms with Crippen molar-refractivity contribution in [3.63, 3.8) is 0 Å². The number of nitrogens with zero attached hydrogens (tertiary/aromatic N) is 8. The number of likely N-dealkylation sites (N-methyl/N-ethyl adjacent to an activating group) is 4. The van der Waals surface area contributed by atoms with E-state index in [4.69, 9.17) is 0 Å². The quantitative estimate of drug-likeness (QED) is 0.296. The van der Waals surface area contributed by atoms with Crippen LogP contribution in [0.25, 0.3) is 11.4 Å². The summed E-state index contributed by atoms with van der Waals surface area (Å²) in [5.41, 5.74) is 12.6. The molecule has 0 saturated heterocycles. The van der Waals surface area contributed by atoms with Crippen LogP contribution >= 0.6 is 0 Å². The highest BCUT2D eigenvalue weighted by Crippen LogP contribution is 2.39. The van der Waals surface area contributed by atoms with E-state index in [0.29, 0.717) is 18.8 Å². The predicted octanol–water partition coefficient (Wildman–Crippen LogP) is 9.89. The van der Waals surface area contributed by atoms with Crippen molar-refractivity contribution >= 4 is 23.2 Å². The van der Waals surface area contributed by atoms with Crippen molar-refractivity contribution in [3.8, 4) is 0 Å². The Balaban J connectivity index is 0.000000230. The molecular formula is C54H88N8O2. The van der Waals surface area contributed by atoms with Crippen LogP contribution in [0, 0.1) is 21.7 Å². The summed E-state index contributed by atoms with van der Waals surface area (Å²) in [4.78, 5) is 41.7. The molecule has 4 aliphatic rings. The molecule has 2 aromatic carbocycles. The maximum atomic E-state index is 12.5. The number of hydrogen-bond donors (Lipinski definition) is 0. The largest absolute Gasteiger partial charge is 0.365 e. The highest BCUT2D eigenvalue weighted by Gasteiger charge is 2.36. The first-order chi connectivity index (χ1) is 29.3. The molecule has 2 amide bonds. The summed E-state index contributed by atoms with van der Waals surface area (Å²) < 4.78 is 0. The lowest BCUT2D eigenvalue weighted by atomic mass is 9.81. The molecule has 0 N–H and O–H groups in total. The number of hydrogen-bond acceptors (Lipinski definition) is 8. The Labute approximate surface area is 390 Å². The van der Waals surface area contributed by atoms with Crippen molar-refractivity contribution in [2.24, 2.45) is 21.7 Å². The molecule has 6 rings (SSSR count). The number of rotatable bonds is 2. The topological polar surface area (TPSA) is 60.1 Å². The molecule has 10 heteroatoms. The highest BCUT2D eigenvalue weighted by atomic mass is 16.2. The summed E-state index contributed by atoms with van der Waals surface area (Å²) >= 11 is 0. The van der Waals surface area contributed by atoms with Gasteiger partial charge in [-0.2, -0.15) is 0 Å². The molecule has 0 bridgehead atoms. The minimum absolute atomic E-state index is 0.0793. The molecular weight excluding hydrogens is 793 g/mol. The van der Waals surface area contributed by atoms with E-state index in [2.05, 4.69) is 190 Å². The van der Waals surface area contributed by atoms with Gasteiger partial charge in [-0.05, 0) is 71.9 Å². The Morgan fingerprint density at radius 2 is 0.719 bits per heavy atom. The lowest BCUT2D eigenvalue weighted by Crippen LogP contribution is -2.45. The molecule has 4 aliphatic heterocycles. The summed E-state index contributed by atoms with van der Waals surface area (Å²) in [6.07, 6.45) is 0. The zero-order chi connectivity index (χ0) is 48.9. The maximum Gasteiger partial charge on any atom is 0.253 e. The fourth-order valence-corrected chi connectivity index (χ4v) is 9.02. The molecule has 64 heavy (non-hydrogen) atoms. The summed E-state index contributed by atoms with van der Waals surface area (Å²) in [5.74, 6) is 0.289. The molecule has 0 aliphatic carbocycles. The van der Waals surface area contributed by atoms with Gasteiger partial charge in [0, 0.05) is 83.6 Å². The van der Waals surface area contributed by atoms with Crippen molar-refractivity contribution in [1.29, 1.82) is 0 Å². The first kappa shape index (κ1) is 53.8. The van der Waals surface area contributed by atoms with Crippen molar-refractivity contribution in [1.82, 2.24) is 39.2 Å². The van der Waals surface area contributed by atoms with Crippen LogP contribution < -0.4 is 0 Å². The van der Waals surface area contributed by atoms with Gasteiger partial charge in [0.1, 0.15) is 0 Å². The average molecular weight is 881 g/mol. The van der Waals surface area contributed by atoms with Gasteiger partial charge in [-0.1, -0.05) is 144 Å². The standard InChI is InChI=1S/C16H22N2O.C16H24N2.C11H20N2O.C11H22N2/c1-16(2,3)13-14(12-9-7-6-8-10-12)17(4)11-18(5)15(13)19;1-16(2,3)14-11-17(4)12-18(5)15(14)13-9-7-6-8-10-13;1-8-9(11(2,3)4)10(14)13(6)7-12(8)5;1-9-10(11(2,3)4)7-12(5)8-13(9)6/h6-10H,11H2,1-5H3;6-10H,11-12H2,1-5H3;7H2,1-6H3;7-8H2,1-6H3. The monoisotopic (exact) mass is 881 g/mol. The number of benzene rings is 2. The van der Waals surface area contributed by atoms with Gasteiger partial charge in [0.25, 0.3) is 11.8 Å². The highest BCUT2D eigenvalue weighted by molar-refractivity contribution is 6.03. The van der Waals surface area contributed by atoms with E-state index in [1.54, 1.807) is 15.4 Å². The molecule has 4 heterocycles. The fraction of sp³-hybridized carbons (Fsp3) is 0.593. The van der Waals surface area contributed by atoms with Gasteiger partial charge >= 0.3 is 0 Å². The second-order valence-electron chi connectivity index (χ2n) is 22.7. The first-order valence-corrected chi connectivity index (χ1v) is 23.0. The number of allylic oxidation sites excluding steroid dienone is 2. The molecule has 0 spiro atoms. The Bertz CT molecular complexity index is 2040. The summed E-state index contributed by atoms with van der Waals surface area (Å²) in [6.45, 7) is 36.1. The SMILES string of the molecule is CC1=C(C(C)(C)C)C(=O)N(C)CN1C.CC1=C(C(C)(C)C)CN(C)CN1C.CN1CC(C(C)(C)C)=C(c2ccccc2)N(C)C1.CN1CN(C)C(c2ccccc2)=C(C(C)(C)C)C1=O. The lowest BCUT2D eigenvalue weighted by molar-refractivity contribution is -0.130. The fourth-order valence-electron chi connectivity index (χ4n) is 9.02. The van der Waals surface area contributed by atoms with Crippen LogP contribution in [0.1, 0.15) is 108 Å². The third-order valence-corrected chi connectivity index (χ3v) is 12.4. The number of carbonyl (C=O) groups excluding carboxylic acids is 2. The van der Waals surface area contributed by atoms with Crippen LogP contribution in [0.15, 0.2) is 94.4 Å². The number of carbonyl (C=O) groups is 2. The van der Waals surface area contributed by atoms with Crippen molar-refractivity contribution in [2.45, 2.75) is 96.9 Å². The Morgan fingerprint density at radius 1 is 0.375 bits per heavy atom. The molecule has 0 radical (unpaired) electrons. The average Bonchev–Trinajstić information content (AvgIpc) is 3.16. The van der Waals surface area contributed by atoms with E-state index in [1.807, 2.05) is 53.3 Å². The maximum absolute atomic E-state index is 12.5. The van der Waals surface area contributed by atoms with Crippen molar-refractivity contribution in [2.75, 3.05) is 96.1 Å². The number of amides is 2. The minimum atomic E-state index is -0.175. The van der Waals surface area contributed by atoms with Crippen LogP contribution in [-0.2, 0) is 9.59 Å². The van der Waals surface area contributed by atoms with E-state index >= 15 is 0 Å². The van der Waals surface area contributed by atoms with Crippen LogP contribution in [-0.4, -0.2) is 147 Å². The Kier molecular flexibility index (Phi) is 17.8. The van der Waals surface area contributed by atoms with Gasteiger partial charge in [0.05, 0.1) is 32.4 Å². The van der Waals surface area contributed by atoms with Crippen molar-refractivity contribution < 1.29 is 9.59 Å². The molecule has 0 atom stereocenters. The van der Waals surface area contributed by atoms with E-state index < -0.39 is 0 Å². The Morgan fingerprint density at radius 3 is 1.14 bits per heavy atom. The third-order valence-electron chi connectivity index (χ3n) is 12.4. The molecule has 0 saturated carbocycles. The van der Waals surface area contributed by atoms with Crippen LogP contribution in [0.3, 0.4) is 0 Å². The molecule has 356 valence electrons. The lowest BCUT2D eigenvalue weighted by Gasteiger charge is -2.41. The summed E-state index contributed by atoms with van der Waals surface area (Å²) in [7, 11) is 16.5. The van der Waals surface area contributed by atoms with E-state index in [1.165, 1.54) is 22.5 Å². The van der Waals surface area contributed by atoms with Crippen LogP contribution in [0.2, 0.25) is 0 Å². The van der Waals surface area contributed by atoms with E-state index in [0.717, 1.165) is 54.5 Å². The van der Waals surface area contributed by atoms with E-state index in [-0.39, 0.29) is 28.1 Å². The van der Waals surface area contributed by atoms with Gasteiger partial charge in [0.15, 0.2) is 0 Å². The molecule has 10 nitrogen and oxygen atoms in total. The first-order valence-electron chi connectivity index (χ1n) is 23.0. The normalized spacial score (nSPS) is 18.8.